The molecule has 1 saturated heterocycles. The molecule has 1 atom stereocenters. The molecule has 1 fully saturated rings. The van der Waals surface area contributed by atoms with Crippen molar-refractivity contribution in [3.8, 4) is 10.6 Å². The molecule has 0 spiro atoms. The van der Waals surface area contributed by atoms with Gasteiger partial charge in [0.25, 0.3) is 0 Å². The summed E-state index contributed by atoms with van der Waals surface area (Å²) in [5.74, 6) is 1.05. The molecule has 3 rings (SSSR count). The summed E-state index contributed by atoms with van der Waals surface area (Å²) in [5.41, 5.74) is 1.10. The van der Waals surface area contributed by atoms with Gasteiger partial charge in [-0.2, -0.15) is 0 Å². The van der Waals surface area contributed by atoms with E-state index < -0.39 is 0 Å². The van der Waals surface area contributed by atoms with Crippen LogP contribution in [0.1, 0.15) is 11.9 Å². The molecule has 0 bridgehead atoms. The fourth-order valence-electron chi connectivity index (χ4n) is 2.20. The zero-order valence-electron chi connectivity index (χ0n) is 10.1. The van der Waals surface area contributed by atoms with Crippen LogP contribution in [-0.2, 0) is 0 Å². The molecule has 18 heavy (non-hydrogen) atoms. The number of imidazole rings is 1. The average Bonchev–Trinajstić information content (AvgIpc) is 2.98. The topological polar surface area (TPSA) is 44.0 Å². The summed E-state index contributed by atoms with van der Waals surface area (Å²) < 4.78 is 1.14. The number of halogens is 1. The maximum Gasteiger partial charge on any atom is 0.125 e. The molecule has 1 aliphatic heterocycles. The highest BCUT2D eigenvalue weighted by Gasteiger charge is 2.23. The van der Waals surface area contributed by atoms with Crippen LogP contribution in [0.25, 0.3) is 10.6 Å². The molecule has 0 aromatic carbocycles. The van der Waals surface area contributed by atoms with Crippen LogP contribution in [0.5, 0.6) is 0 Å². The number of nitrogens with zero attached hydrogens (tertiary/aromatic N) is 2. The van der Waals surface area contributed by atoms with Crippen molar-refractivity contribution in [1.29, 1.82) is 0 Å². The molecule has 6 heteroatoms. The summed E-state index contributed by atoms with van der Waals surface area (Å²) in [6, 6.07) is 4.51. The predicted octanol–water partition coefficient (Wildman–Crippen LogP) is 2.48. The van der Waals surface area contributed by atoms with Crippen molar-refractivity contribution in [3.05, 3.63) is 27.9 Å². The fraction of sp³-hybridized carbons (Fsp3) is 0.417. The van der Waals surface area contributed by atoms with Crippen molar-refractivity contribution < 1.29 is 0 Å². The Bertz CT molecular complexity index is 536. The first-order valence-corrected chi connectivity index (χ1v) is 7.56. The summed E-state index contributed by atoms with van der Waals surface area (Å²) in [4.78, 5) is 11.5. The van der Waals surface area contributed by atoms with E-state index in [1.54, 1.807) is 11.3 Å². The van der Waals surface area contributed by atoms with Crippen LogP contribution in [0.2, 0.25) is 0 Å². The number of aromatic amines is 1. The highest BCUT2D eigenvalue weighted by atomic mass is 79.9. The molecule has 0 amide bonds. The number of rotatable bonds is 2. The van der Waals surface area contributed by atoms with Gasteiger partial charge in [0.15, 0.2) is 0 Å². The fourth-order valence-corrected chi connectivity index (χ4v) is 3.55. The smallest absolute Gasteiger partial charge is 0.125 e. The third-order valence-corrected chi connectivity index (χ3v) is 4.92. The van der Waals surface area contributed by atoms with Gasteiger partial charge in [0.1, 0.15) is 5.82 Å². The minimum atomic E-state index is 0.343. The standard InChI is InChI=1S/C12H15BrN4S/c1-17-5-4-14-7-9(17)12-15-6-8(16-12)10-2-3-11(13)18-10/h2-3,6,9,14H,4-5,7H2,1H3,(H,15,16). The van der Waals surface area contributed by atoms with Gasteiger partial charge in [-0.1, -0.05) is 0 Å². The first-order valence-electron chi connectivity index (χ1n) is 5.95. The average molecular weight is 327 g/mol. The predicted molar refractivity (Wildman–Crippen MR) is 77.8 cm³/mol. The molecule has 3 heterocycles. The lowest BCUT2D eigenvalue weighted by Gasteiger charge is -2.31. The monoisotopic (exact) mass is 326 g/mol. The molecule has 0 aliphatic carbocycles. The second-order valence-corrected chi connectivity index (χ2v) is 6.95. The Morgan fingerprint density at radius 3 is 3.11 bits per heavy atom. The highest BCUT2D eigenvalue weighted by Crippen LogP contribution is 2.31. The zero-order valence-corrected chi connectivity index (χ0v) is 12.5. The van der Waals surface area contributed by atoms with Crippen molar-refractivity contribution >= 4 is 27.3 Å². The van der Waals surface area contributed by atoms with E-state index in [4.69, 9.17) is 0 Å². The van der Waals surface area contributed by atoms with Crippen LogP contribution >= 0.6 is 27.3 Å². The third kappa shape index (κ3) is 2.38. The number of aromatic nitrogens is 2. The first kappa shape index (κ1) is 12.3. The van der Waals surface area contributed by atoms with Crippen molar-refractivity contribution in [3.63, 3.8) is 0 Å². The molecule has 2 N–H and O–H groups in total. The van der Waals surface area contributed by atoms with E-state index in [9.17, 15) is 0 Å². The Hall–Kier alpha value is -0.690. The van der Waals surface area contributed by atoms with Crippen LogP contribution in [-0.4, -0.2) is 41.5 Å². The Morgan fingerprint density at radius 2 is 2.39 bits per heavy atom. The van der Waals surface area contributed by atoms with Crippen molar-refractivity contribution in [1.82, 2.24) is 20.2 Å². The number of hydrogen-bond donors (Lipinski definition) is 2. The highest BCUT2D eigenvalue weighted by molar-refractivity contribution is 9.11. The van der Waals surface area contributed by atoms with Gasteiger partial charge in [-0.3, -0.25) is 4.90 Å². The summed E-state index contributed by atoms with van der Waals surface area (Å²) in [7, 11) is 2.15. The summed E-state index contributed by atoms with van der Waals surface area (Å²) in [6.45, 7) is 3.07. The quantitative estimate of drug-likeness (QED) is 0.891. The number of nitrogens with one attached hydrogen (secondary N) is 2. The molecule has 2 aromatic heterocycles. The maximum absolute atomic E-state index is 4.53. The van der Waals surface area contributed by atoms with Gasteiger partial charge in [-0.15, -0.1) is 11.3 Å². The molecular weight excluding hydrogens is 312 g/mol. The summed E-state index contributed by atoms with van der Waals surface area (Å²) in [5, 5.41) is 3.41. The second kappa shape index (κ2) is 5.13. The van der Waals surface area contributed by atoms with Crippen LogP contribution in [0.15, 0.2) is 22.1 Å². The minimum absolute atomic E-state index is 0.343. The Balaban J connectivity index is 1.84. The number of H-pyrrole nitrogens is 1. The van der Waals surface area contributed by atoms with E-state index in [1.807, 2.05) is 6.20 Å². The van der Waals surface area contributed by atoms with Crippen LogP contribution in [0.4, 0.5) is 0 Å². The second-order valence-electron chi connectivity index (χ2n) is 4.49. The maximum atomic E-state index is 4.53. The lowest BCUT2D eigenvalue weighted by atomic mass is 10.2. The first-order chi connectivity index (χ1) is 8.74. The Labute approximate surface area is 119 Å². The molecule has 4 nitrogen and oxygen atoms in total. The molecule has 1 unspecified atom stereocenters. The molecule has 0 saturated carbocycles. The molecule has 96 valence electrons. The van der Waals surface area contributed by atoms with E-state index in [-0.39, 0.29) is 0 Å². The number of piperazine rings is 1. The summed E-state index contributed by atoms with van der Waals surface area (Å²) in [6.07, 6.45) is 1.93. The number of hydrogen-bond acceptors (Lipinski definition) is 4. The van der Waals surface area contributed by atoms with Crippen LogP contribution in [0, 0.1) is 0 Å². The lowest BCUT2D eigenvalue weighted by molar-refractivity contribution is 0.195. The van der Waals surface area contributed by atoms with Crippen LogP contribution < -0.4 is 5.32 Å². The molecule has 0 radical (unpaired) electrons. The van der Waals surface area contributed by atoms with E-state index in [2.05, 4.69) is 55.3 Å². The zero-order chi connectivity index (χ0) is 12.5. The van der Waals surface area contributed by atoms with Gasteiger partial charge in [-0.25, -0.2) is 4.98 Å². The van der Waals surface area contributed by atoms with E-state index in [1.165, 1.54) is 4.88 Å². The summed E-state index contributed by atoms with van der Waals surface area (Å²) >= 11 is 5.21. The van der Waals surface area contributed by atoms with Crippen molar-refractivity contribution in [2.75, 3.05) is 26.7 Å². The molecule has 2 aromatic rings. The van der Waals surface area contributed by atoms with Crippen molar-refractivity contribution in [2.24, 2.45) is 0 Å². The van der Waals surface area contributed by atoms with E-state index in [0.717, 1.165) is 34.9 Å². The largest absolute Gasteiger partial charge is 0.340 e. The van der Waals surface area contributed by atoms with Gasteiger partial charge in [0, 0.05) is 19.6 Å². The van der Waals surface area contributed by atoms with E-state index >= 15 is 0 Å². The Kier molecular flexibility index (Phi) is 3.52. The van der Waals surface area contributed by atoms with E-state index in [0.29, 0.717) is 6.04 Å². The Morgan fingerprint density at radius 1 is 1.50 bits per heavy atom. The van der Waals surface area contributed by atoms with Crippen molar-refractivity contribution in [2.45, 2.75) is 6.04 Å². The molecule has 1 aliphatic rings. The third-order valence-electron chi connectivity index (χ3n) is 3.26. The van der Waals surface area contributed by atoms with Crippen LogP contribution in [0.3, 0.4) is 0 Å². The van der Waals surface area contributed by atoms with Gasteiger partial charge >= 0.3 is 0 Å². The normalized spacial score (nSPS) is 21.3. The molecular formula is C12H15BrN4S. The SMILES string of the molecule is CN1CCNCC1c1ncc(-c2ccc(Br)s2)[nH]1. The lowest BCUT2D eigenvalue weighted by Crippen LogP contribution is -2.44. The van der Waals surface area contributed by atoms with Gasteiger partial charge in [0.2, 0.25) is 0 Å². The van der Waals surface area contributed by atoms with Gasteiger partial charge in [-0.05, 0) is 35.1 Å². The van der Waals surface area contributed by atoms with Gasteiger partial charge in [0.05, 0.1) is 26.6 Å². The number of thiophene rings is 1. The van der Waals surface area contributed by atoms with Gasteiger partial charge < -0.3 is 10.3 Å². The minimum Gasteiger partial charge on any atom is -0.340 e. The number of likely N-dealkylation sites (N-methyl/N-ethyl adjacent to an activating group) is 1.